The molecule has 0 atom stereocenters. The Labute approximate surface area is 114 Å². The molecule has 0 unspecified atom stereocenters. The zero-order valence-electron chi connectivity index (χ0n) is 6.97. The van der Waals surface area contributed by atoms with Gasteiger partial charge in [0.25, 0.3) is 0 Å². The summed E-state index contributed by atoms with van der Waals surface area (Å²) in [5.41, 5.74) is 5.92. The van der Waals surface area contributed by atoms with Crippen molar-refractivity contribution in [1.82, 2.24) is 0 Å². The molecule has 0 aliphatic carbocycles. The third-order valence-corrected chi connectivity index (χ3v) is 1.84. The van der Waals surface area contributed by atoms with E-state index in [4.69, 9.17) is 28.9 Å². The number of hydrogen-bond acceptors (Lipinski definition) is 1. The van der Waals surface area contributed by atoms with E-state index in [1.807, 2.05) is 0 Å². The fraction of sp³-hybridized carbons (Fsp3) is 0. The van der Waals surface area contributed by atoms with Crippen molar-refractivity contribution in [3.8, 4) is 0 Å². The van der Waals surface area contributed by atoms with Crippen LogP contribution in [0.5, 0.6) is 0 Å². The molecule has 6 heteroatoms. The number of nitrogens with two attached hydrogens (primary N) is 1. The summed E-state index contributed by atoms with van der Waals surface area (Å²) in [5.74, 6) is 0. The summed E-state index contributed by atoms with van der Waals surface area (Å²) in [6.45, 7) is 0. The van der Waals surface area contributed by atoms with E-state index in [0.717, 1.165) is 0 Å². The average molecular weight is 244 g/mol. The second-order valence-electron chi connectivity index (χ2n) is 2.11. The molecule has 0 saturated heterocycles. The molecular weight excluding hydrogens is 238 g/mol. The summed E-state index contributed by atoms with van der Waals surface area (Å²) in [7, 11) is 0. The summed E-state index contributed by atoms with van der Waals surface area (Å²) in [4.78, 5) is 0. The summed E-state index contributed by atoms with van der Waals surface area (Å²) in [6.07, 6.45) is 0. The minimum absolute atomic E-state index is 0. The largest absolute Gasteiger partial charge is 0.376 e. The maximum absolute atomic E-state index is 5.81. The second kappa shape index (κ2) is 6.06. The van der Waals surface area contributed by atoms with E-state index in [-0.39, 0.29) is 34.7 Å². The molecule has 1 aromatic rings. The molecule has 3 N–H and O–H groups in total. The van der Waals surface area contributed by atoms with E-state index in [1.165, 1.54) is 0 Å². The van der Waals surface area contributed by atoms with Gasteiger partial charge in [-0.3, -0.25) is 0 Å². The molecule has 1 rings (SSSR count). The molecule has 0 amide bonds. The van der Waals surface area contributed by atoms with Gasteiger partial charge in [0.1, 0.15) is 0 Å². The van der Waals surface area contributed by atoms with Crippen molar-refractivity contribution in [3.63, 3.8) is 0 Å². The van der Waals surface area contributed by atoms with Crippen molar-refractivity contribution in [2.75, 3.05) is 5.32 Å². The van der Waals surface area contributed by atoms with Crippen LogP contribution >= 0.6 is 35.4 Å². The van der Waals surface area contributed by atoms with Gasteiger partial charge in [0, 0.05) is 34.6 Å². The molecule has 0 saturated carbocycles. The van der Waals surface area contributed by atoms with Crippen LogP contribution < -0.4 is 11.1 Å². The predicted molar refractivity (Wildman–Crippen MR) is 62.6 cm³/mol. The molecule has 1 aromatic carbocycles. The first-order valence-corrected chi connectivity index (χ1v) is 4.27. The summed E-state index contributed by atoms with van der Waals surface area (Å²) in [5, 5.41) is 3.97. The van der Waals surface area contributed by atoms with Crippen LogP contribution in [-0.4, -0.2) is 34.7 Å². The fourth-order valence-electron chi connectivity index (χ4n) is 0.724. The van der Waals surface area contributed by atoms with E-state index in [0.29, 0.717) is 15.7 Å². The van der Waals surface area contributed by atoms with Gasteiger partial charge in [0.05, 0.1) is 10.7 Å². The van der Waals surface area contributed by atoms with Gasteiger partial charge in [-0.05, 0) is 30.4 Å². The zero-order chi connectivity index (χ0) is 9.14. The van der Waals surface area contributed by atoms with Gasteiger partial charge in [-0.1, -0.05) is 23.2 Å². The Balaban J connectivity index is 0.00000144. The zero-order valence-corrected chi connectivity index (χ0v) is 11.3. The quantitative estimate of drug-likeness (QED) is 0.587. The van der Waals surface area contributed by atoms with Crippen molar-refractivity contribution in [2.24, 2.45) is 5.73 Å². The number of anilines is 1. The first-order valence-electron chi connectivity index (χ1n) is 3.11. The van der Waals surface area contributed by atoms with E-state index < -0.39 is 0 Å². The Kier molecular flexibility index (Phi) is 6.29. The molecule has 0 spiro atoms. The summed E-state index contributed by atoms with van der Waals surface area (Å²) >= 11 is 16.1. The van der Waals surface area contributed by atoms with E-state index >= 15 is 0 Å². The maximum Gasteiger partial charge on any atom is 0.168 e. The van der Waals surface area contributed by atoms with Crippen LogP contribution in [0, 0.1) is 0 Å². The number of nitrogens with one attached hydrogen (secondary N) is 1. The van der Waals surface area contributed by atoms with Crippen LogP contribution in [0.3, 0.4) is 0 Å². The third-order valence-electron chi connectivity index (χ3n) is 1.19. The summed E-state index contributed by atoms with van der Waals surface area (Å²) in [6, 6.07) is 5.03. The van der Waals surface area contributed by atoms with Crippen molar-refractivity contribution in [2.45, 2.75) is 0 Å². The molecule has 1 radical (unpaired) electrons. The van der Waals surface area contributed by atoms with Crippen LogP contribution in [0.4, 0.5) is 5.69 Å². The monoisotopic (exact) mass is 243 g/mol. The van der Waals surface area contributed by atoms with Crippen molar-refractivity contribution < 1.29 is 0 Å². The predicted octanol–water partition coefficient (Wildman–Crippen LogP) is 2.27. The topological polar surface area (TPSA) is 38.0 Å². The Bertz CT molecular complexity index is 319. The molecule has 13 heavy (non-hydrogen) atoms. The number of thiocarbonyl (C=S) groups is 1. The Hall–Kier alpha value is 0.490. The van der Waals surface area contributed by atoms with Gasteiger partial charge in [-0.25, -0.2) is 0 Å². The van der Waals surface area contributed by atoms with E-state index in [1.54, 1.807) is 18.2 Å². The van der Waals surface area contributed by atoms with Gasteiger partial charge in [-0.2, -0.15) is 0 Å². The second-order valence-corrected chi connectivity index (χ2v) is 3.40. The van der Waals surface area contributed by atoms with Crippen LogP contribution in [-0.2, 0) is 0 Å². The first kappa shape index (κ1) is 13.5. The molecule has 0 fully saturated rings. The van der Waals surface area contributed by atoms with Crippen LogP contribution in [0.15, 0.2) is 18.2 Å². The molecular formula is C7H6Cl2N2NaS. The maximum atomic E-state index is 5.81. The molecule has 0 heterocycles. The molecule has 0 aromatic heterocycles. The smallest absolute Gasteiger partial charge is 0.168 e. The number of benzene rings is 1. The molecule has 2 nitrogen and oxygen atoms in total. The Morgan fingerprint density at radius 2 is 2.00 bits per heavy atom. The number of rotatable bonds is 1. The molecule has 65 valence electrons. The fourth-order valence-corrected chi connectivity index (χ4v) is 1.29. The van der Waals surface area contributed by atoms with Gasteiger partial charge < -0.3 is 11.1 Å². The normalized spacial score (nSPS) is 8.77. The SMILES string of the molecule is NC(=S)Nc1ccc(Cl)cc1Cl.[Na]. The minimum atomic E-state index is 0. The summed E-state index contributed by atoms with van der Waals surface area (Å²) < 4.78 is 0. The average Bonchev–Trinajstić information content (AvgIpc) is 1.94. The van der Waals surface area contributed by atoms with E-state index in [9.17, 15) is 0 Å². The van der Waals surface area contributed by atoms with Crippen LogP contribution in [0.2, 0.25) is 10.0 Å². The third kappa shape index (κ3) is 4.49. The van der Waals surface area contributed by atoms with Crippen molar-refractivity contribution >= 4 is 75.8 Å². The Morgan fingerprint density at radius 3 is 2.46 bits per heavy atom. The Morgan fingerprint density at radius 1 is 1.38 bits per heavy atom. The van der Waals surface area contributed by atoms with Crippen LogP contribution in [0.25, 0.3) is 0 Å². The van der Waals surface area contributed by atoms with Gasteiger partial charge >= 0.3 is 0 Å². The van der Waals surface area contributed by atoms with Crippen molar-refractivity contribution in [3.05, 3.63) is 28.2 Å². The standard InChI is InChI=1S/C7H6Cl2N2S.Na/c8-4-1-2-6(5(9)3-4)11-7(10)12;/h1-3H,(H3,10,11,12);. The molecule has 0 aliphatic rings. The number of hydrogen-bond donors (Lipinski definition) is 2. The van der Waals surface area contributed by atoms with Crippen molar-refractivity contribution in [1.29, 1.82) is 0 Å². The molecule has 0 aliphatic heterocycles. The minimum Gasteiger partial charge on any atom is -0.376 e. The molecule has 0 bridgehead atoms. The number of halogens is 2. The van der Waals surface area contributed by atoms with Crippen LogP contribution in [0.1, 0.15) is 0 Å². The van der Waals surface area contributed by atoms with E-state index in [2.05, 4.69) is 17.5 Å². The van der Waals surface area contributed by atoms with Gasteiger partial charge in [0.15, 0.2) is 5.11 Å². The van der Waals surface area contributed by atoms with Gasteiger partial charge in [-0.15, -0.1) is 0 Å². The first-order chi connectivity index (χ1) is 5.59. The van der Waals surface area contributed by atoms with Gasteiger partial charge in [0.2, 0.25) is 0 Å².